The third-order valence-electron chi connectivity index (χ3n) is 1.74. The minimum absolute atomic E-state index is 0.808. The summed E-state index contributed by atoms with van der Waals surface area (Å²) in [4.78, 5) is 4.11. The Labute approximate surface area is 83.3 Å². The van der Waals surface area contributed by atoms with Crippen LogP contribution in [-0.4, -0.2) is 19.4 Å². The molecule has 0 atom stereocenters. The highest BCUT2D eigenvalue weighted by Gasteiger charge is 2.09. The summed E-state index contributed by atoms with van der Waals surface area (Å²) in [5.74, 6) is 5.48. The highest BCUT2D eigenvalue weighted by atomic mass is 79.9. The summed E-state index contributed by atoms with van der Waals surface area (Å²) in [5.41, 5.74) is 1.74. The lowest BCUT2D eigenvalue weighted by atomic mass is 10.3. The summed E-state index contributed by atoms with van der Waals surface area (Å²) in [6, 6.07) is 0. The van der Waals surface area contributed by atoms with Crippen LogP contribution in [0.2, 0.25) is 0 Å². The highest BCUT2D eigenvalue weighted by Crippen LogP contribution is 2.25. The van der Waals surface area contributed by atoms with Crippen LogP contribution in [0, 0.1) is 0 Å². The third kappa shape index (κ3) is 1.33. The van der Waals surface area contributed by atoms with Crippen molar-refractivity contribution in [3.8, 4) is 11.3 Å². The van der Waals surface area contributed by atoms with Gasteiger partial charge in [-0.3, -0.25) is 9.36 Å². The molecule has 0 fully saturated rings. The van der Waals surface area contributed by atoms with Crippen molar-refractivity contribution in [1.29, 1.82) is 0 Å². The van der Waals surface area contributed by atoms with Crippen molar-refractivity contribution >= 4 is 15.9 Å². The number of nitrogens with two attached hydrogens (primary N) is 1. The molecule has 0 saturated heterocycles. The van der Waals surface area contributed by atoms with E-state index in [1.807, 2.05) is 7.05 Å². The van der Waals surface area contributed by atoms with E-state index in [2.05, 4.69) is 26.0 Å². The molecule has 5 nitrogen and oxygen atoms in total. The summed E-state index contributed by atoms with van der Waals surface area (Å²) in [5, 5.41) is 4.08. The van der Waals surface area contributed by atoms with Crippen molar-refractivity contribution in [3.63, 3.8) is 0 Å². The quantitative estimate of drug-likeness (QED) is 0.751. The predicted octanol–water partition coefficient (Wildman–Crippen LogP) is 0.760. The van der Waals surface area contributed by atoms with Crippen molar-refractivity contribution in [1.82, 2.24) is 19.4 Å². The maximum absolute atomic E-state index is 5.48. The van der Waals surface area contributed by atoms with E-state index in [1.54, 1.807) is 23.4 Å². The molecular formula is C7H8BrN5. The second-order valence-corrected chi connectivity index (χ2v) is 3.43. The molecule has 2 rings (SSSR count). The van der Waals surface area contributed by atoms with E-state index < -0.39 is 0 Å². The van der Waals surface area contributed by atoms with Gasteiger partial charge in [0.15, 0.2) is 0 Å². The maximum Gasteiger partial charge on any atom is 0.114 e. The number of nitrogen functional groups attached to an aromatic ring is 1. The molecular weight excluding hydrogens is 234 g/mol. The van der Waals surface area contributed by atoms with Gasteiger partial charge in [0.05, 0.1) is 23.7 Å². The summed E-state index contributed by atoms with van der Waals surface area (Å²) < 4.78 is 4.03. The van der Waals surface area contributed by atoms with Crippen molar-refractivity contribution in [3.05, 3.63) is 23.3 Å². The molecule has 2 N–H and O–H groups in total. The molecule has 0 unspecified atom stereocenters. The first kappa shape index (κ1) is 8.31. The number of hydrogen-bond acceptors (Lipinski definition) is 3. The smallest absolute Gasteiger partial charge is 0.114 e. The molecule has 6 heteroatoms. The van der Waals surface area contributed by atoms with Crippen LogP contribution in [0.4, 0.5) is 0 Å². The van der Waals surface area contributed by atoms with Gasteiger partial charge in [-0.15, -0.1) is 0 Å². The number of halogens is 1. The molecule has 68 valence electrons. The second kappa shape index (κ2) is 2.88. The van der Waals surface area contributed by atoms with E-state index in [1.165, 1.54) is 4.68 Å². The van der Waals surface area contributed by atoms with E-state index >= 15 is 0 Å². The van der Waals surface area contributed by atoms with E-state index in [4.69, 9.17) is 5.84 Å². The van der Waals surface area contributed by atoms with Crippen LogP contribution in [0.5, 0.6) is 0 Å². The lowest BCUT2D eigenvalue weighted by molar-refractivity contribution is 0.750. The molecule has 0 saturated carbocycles. The van der Waals surface area contributed by atoms with Gasteiger partial charge in [0.25, 0.3) is 0 Å². The molecule has 0 aliphatic heterocycles. The molecule has 2 heterocycles. The first-order valence-corrected chi connectivity index (χ1v) is 4.44. The SMILES string of the molecule is Cn1ncc(-c2cn(N)cn2)c1Br. The van der Waals surface area contributed by atoms with Crippen molar-refractivity contribution in [2.45, 2.75) is 0 Å². The average Bonchev–Trinajstić information content (AvgIpc) is 2.62. The van der Waals surface area contributed by atoms with Gasteiger partial charge in [0.1, 0.15) is 10.9 Å². The Balaban J connectivity index is 2.52. The Bertz CT molecular complexity index is 430. The van der Waals surface area contributed by atoms with Crippen LogP contribution in [-0.2, 0) is 7.05 Å². The zero-order chi connectivity index (χ0) is 9.42. The second-order valence-electron chi connectivity index (χ2n) is 2.68. The van der Waals surface area contributed by atoms with Crippen LogP contribution >= 0.6 is 15.9 Å². The first-order valence-electron chi connectivity index (χ1n) is 3.65. The van der Waals surface area contributed by atoms with E-state index in [-0.39, 0.29) is 0 Å². The van der Waals surface area contributed by atoms with Gasteiger partial charge in [0, 0.05) is 7.05 Å². The summed E-state index contributed by atoms with van der Waals surface area (Å²) in [7, 11) is 1.85. The number of hydrogen-bond donors (Lipinski definition) is 1. The number of rotatable bonds is 1. The van der Waals surface area contributed by atoms with Crippen LogP contribution in [0.1, 0.15) is 0 Å². The zero-order valence-electron chi connectivity index (χ0n) is 6.98. The lowest BCUT2D eigenvalue weighted by Crippen LogP contribution is -2.02. The predicted molar refractivity (Wildman–Crippen MR) is 52.3 cm³/mol. The maximum atomic E-state index is 5.48. The number of nitrogens with zero attached hydrogens (tertiary/aromatic N) is 4. The fraction of sp³-hybridized carbons (Fsp3) is 0.143. The van der Waals surface area contributed by atoms with Crippen molar-refractivity contribution in [2.75, 3.05) is 5.84 Å². The molecule has 2 aromatic rings. The topological polar surface area (TPSA) is 61.7 Å². The Morgan fingerprint density at radius 3 is 2.77 bits per heavy atom. The molecule has 2 aromatic heterocycles. The average molecular weight is 242 g/mol. The van der Waals surface area contributed by atoms with Gasteiger partial charge in [-0.25, -0.2) is 4.98 Å². The molecule has 0 aliphatic carbocycles. The van der Waals surface area contributed by atoms with Gasteiger partial charge < -0.3 is 5.84 Å². The summed E-state index contributed by atoms with van der Waals surface area (Å²) >= 11 is 3.41. The lowest BCUT2D eigenvalue weighted by Gasteiger charge is -1.93. The van der Waals surface area contributed by atoms with Gasteiger partial charge in [0.2, 0.25) is 0 Å². The van der Waals surface area contributed by atoms with Crippen LogP contribution in [0.15, 0.2) is 23.3 Å². The molecule has 0 aliphatic rings. The Morgan fingerprint density at radius 1 is 1.54 bits per heavy atom. The molecule has 0 bridgehead atoms. The standard InChI is InChI=1S/C7H8BrN5/c1-12-7(8)5(2-11-12)6-3-13(9)4-10-6/h2-4H,9H2,1H3. The van der Waals surface area contributed by atoms with Crippen molar-refractivity contribution < 1.29 is 0 Å². The van der Waals surface area contributed by atoms with Gasteiger partial charge >= 0.3 is 0 Å². The Hall–Kier alpha value is -1.30. The molecule has 13 heavy (non-hydrogen) atoms. The Morgan fingerprint density at radius 2 is 2.31 bits per heavy atom. The molecule has 0 radical (unpaired) electrons. The summed E-state index contributed by atoms with van der Waals surface area (Å²) in [6.07, 6.45) is 5.03. The minimum Gasteiger partial charge on any atom is -0.338 e. The summed E-state index contributed by atoms with van der Waals surface area (Å²) in [6.45, 7) is 0. The van der Waals surface area contributed by atoms with Gasteiger partial charge in [-0.05, 0) is 15.9 Å². The largest absolute Gasteiger partial charge is 0.338 e. The normalized spacial score (nSPS) is 10.6. The third-order valence-corrected chi connectivity index (χ3v) is 2.68. The fourth-order valence-corrected chi connectivity index (χ4v) is 1.47. The number of aromatic nitrogens is 4. The Kier molecular flexibility index (Phi) is 1.84. The minimum atomic E-state index is 0.808. The zero-order valence-corrected chi connectivity index (χ0v) is 8.56. The highest BCUT2D eigenvalue weighted by molar-refractivity contribution is 9.10. The number of imidazole rings is 1. The van der Waals surface area contributed by atoms with Crippen molar-refractivity contribution in [2.24, 2.45) is 7.05 Å². The van der Waals surface area contributed by atoms with Gasteiger partial charge in [-0.1, -0.05) is 0 Å². The molecule has 0 amide bonds. The van der Waals surface area contributed by atoms with E-state index in [9.17, 15) is 0 Å². The van der Waals surface area contributed by atoms with Crippen LogP contribution in [0.25, 0.3) is 11.3 Å². The molecule has 0 aromatic carbocycles. The molecule has 0 spiro atoms. The fourth-order valence-electron chi connectivity index (χ4n) is 1.07. The first-order chi connectivity index (χ1) is 6.18. The van der Waals surface area contributed by atoms with E-state index in [0.29, 0.717) is 0 Å². The van der Waals surface area contributed by atoms with E-state index in [0.717, 1.165) is 15.9 Å². The number of aryl methyl sites for hydroxylation is 1. The van der Waals surface area contributed by atoms with Gasteiger partial charge in [-0.2, -0.15) is 5.10 Å². The van der Waals surface area contributed by atoms with Crippen LogP contribution < -0.4 is 5.84 Å². The van der Waals surface area contributed by atoms with Crippen LogP contribution in [0.3, 0.4) is 0 Å². The monoisotopic (exact) mass is 241 g/mol.